The Labute approximate surface area is 207 Å². The number of amides is 2. The van der Waals surface area contributed by atoms with E-state index < -0.39 is 0 Å². The van der Waals surface area contributed by atoms with Crippen molar-refractivity contribution in [2.75, 3.05) is 6.64 Å². The second kappa shape index (κ2) is 9.23. The molecule has 2 aromatic carbocycles. The van der Waals surface area contributed by atoms with E-state index in [2.05, 4.69) is 80.6 Å². The van der Waals surface area contributed by atoms with E-state index in [1.807, 2.05) is 26.4 Å². The number of benzene rings is 2. The van der Waals surface area contributed by atoms with Crippen LogP contribution in [0.15, 0.2) is 54.6 Å². The van der Waals surface area contributed by atoms with Crippen LogP contribution in [0.3, 0.4) is 0 Å². The number of hydrogen-bond donors (Lipinski definition) is 2. The summed E-state index contributed by atoms with van der Waals surface area (Å²) in [4.78, 5) is 26.8. The summed E-state index contributed by atoms with van der Waals surface area (Å²) < 4.78 is 1.99. The highest BCUT2D eigenvalue weighted by molar-refractivity contribution is 14.2. The van der Waals surface area contributed by atoms with Crippen LogP contribution in [0.5, 0.6) is 0 Å². The number of halogens is 2. The molecule has 1 fully saturated rings. The van der Waals surface area contributed by atoms with Crippen molar-refractivity contribution in [2.45, 2.75) is 25.8 Å². The highest BCUT2D eigenvalue weighted by Gasteiger charge is 2.24. The lowest BCUT2D eigenvalue weighted by molar-refractivity contribution is 0.0949. The average molecular weight is 643 g/mol. The number of thiophene rings is 1. The minimum absolute atomic E-state index is 0.0913. The summed E-state index contributed by atoms with van der Waals surface area (Å²) in [5, 5.41) is 5.94. The Kier molecular flexibility index (Phi) is 6.63. The van der Waals surface area contributed by atoms with Gasteiger partial charge < -0.3 is 10.6 Å². The lowest BCUT2D eigenvalue weighted by Crippen LogP contribution is -2.25. The zero-order valence-corrected chi connectivity index (χ0v) is 21.2. The number of nitrogens with zero attached hydrogens (tertiary/aromatic N) is 1. The molecule has 3 aromatic rings. The van der Waals surface area contributed by atoms with Gasteiger partial charge in [0, 0.05) is 22.2 Å². The molecule has 1 saturated carbocycles. The van der Waals surface area contributed by atoms with Crippen molar-refractivity contribution in [2.24, 2.45) is 0 Å². The van der Waals surface area contributed by atoms with E-state index in [1.165, 1.54) is 11.3 Å². The largest absolute Gasteiger partial charge is 0.349 e. The number of nitrogens with one attached hydrogen (secondary N) is 2. The zero-order valence-electron chi connectivity index (χ0n) is 16.1. The number of carbonyl (C=O) groups is 2. The standard InChI is InChI=1S/C22H19I2N3O2S/c1-13-2-3-15(21(28)25-16-6-7-16)12-18(13)26-22(29)20-11-10-19(30-20)14-4-8-17(9-5-14)27(23)24/h2-5,8-12,16H,6-7H2,1H3,(H,25,28)(H,26,29). The van der Waals surface area contributed by atoms with Crippen LogP contribution in [0.25, 0.3) is 10.4 Å². The number of carbonyl (C=O) groups excluding carboxylic acids is 2. The molecule has 0 saturated heterocycles. The van der Waals surface area contributed by atoms with E-state index >= 15 is 0 Å². The maximum atomic E-state index is 12.8. The third-order valence-corrected chi connectivity index (χ3v) is 7.08. The van der Waals surface area contributed by atoms with Crippen molar-refractivity contribution in [3.63, 3.8) is 0 Å². The summed E-state index contributed by atoms with van der Waals surface area (Å²) >= 11 is 5.89. The van der Waals surface area contributed by atoms with Crippen LogP contribution in [-0.2, 0) is 0 Å². The van der Waals surface area contributed by atoms with Gasteiger partial charge in [0.15, 0.2) is 0 Å². The van der Waals surface area contributed by atoms with Gasteiger partial charge in [-0.3, -0.25) is 10.9 Å². The van der Waals surface area contributed by atoms with Crippen LogP contribution in [-0.4, -0.2) is 17.9 Å². The van der Waals surface area contributed by atoms with Crippen molar-refractivity contribution >= 4 is 80.3 Å². The van der Waals surface area contributed by atoms with Crippen molar-refractivity contribution < 1.29 is 9.59 Å². The second-order valence-electron chi connectivity index (χ2n) is 7.18. The maximum absolute atomic E-state index is 12.8. The molecule has 154 valence electrons. The first-order chi connectivity index (χ1) is 14.4. The van der Waals surface area contributed by atoms with Crippen LogP contribution in [0.4, 0.5) is 11.4 Å². The molecule has 0 unspecified atom stereocenters. The van der Waals surface area contributed by atoms with Gasteiger partial charge in [0.1, 0.15) is 0 Å². The second-order valence-corrected chi connectivity index (χ2v) is 12.0. The highest BCUT2D eigenvalue weighted by atomic mass is 127. The fourth-order valence-electron chi connectivity index (χ4n) is 2.93. The number of hydrogen-bond acceptors (Lipinski definition) is 4. The van der Waals surface area contributed by atoms with Gasteiger partial charge in [-0.25, -0.2) is 0 Å². The summed E-state index contributed by atoms with van der Waals surface area (Å²) in [6.45, 7) is 1.92. The summed E-state index contributed by atoms with van der Waals surface area (Å²) in [7, 11) is 0. The van der Waals surface area contributed by atoms with Crippen molar-refractivity contribution in [3.8, 4) is 10.4 Å². The third kappa shape index (κ3) is 5.14. The molecular formula is C22H19I2N3O2S. The molecule has 1 aliphatic rings. The first-order valence-corrected chi connectivity index (χ1v) is 12.2. The quantitative estimate of drug-likeness (QED) is 0.243. The van der Waals surface area contributed by atoms with Gasteiger partial charge in [0.2, 0.25) is 0 Å². The normalized spacial score (nSPS) is 13.0. The number of anilines is 2. The predicted octanol–water partition coefficient (Wildman–Crippen LogP) is 6.37. The lowest BCUT2D eigenvalue weighted by atomic mass is 10.1. The third-order valence-electron chi connectivity index (χ3n) is 4.84. The first-order valence-electron chi connectivity index (χ1n) is 9.45. The van der Waals surface area contributed by atoms with Crippen LogP contribution < -0.4 is 12.0 Å². The van der Waals surface area contributed by atoms with Crippen molar-refractivity contribution in [1.82, 2.24) is 5.32 Å². The highest BCUT2D eigenvalue weighted by Crippen LogP contribution is 2.32. The van der Waals surface area contributed by atoms with Crippen LogP contribution in [0.2, 0.25) is 0 Å². The monoisotopic (exact) mass is 643 g/mol. The fraction of sp³-hybridized carbons (Fsp3) is 0.182. The fourth-order valence-corrected chi connectivity index (χ4v) is 4.48. The maximum Gasteiger partial charge on any atom is 0.265 e. The van der Waals surface area contributed by atoms with Crippen LogP contribution in [0, 0.1) is 6.92 Å². The Morgan fingerprint density at radius 3 is 2.40 bits per heavy atom. The molecule has 1 heterocycles. The van der Waals surface area contributed by atoms with Crippen LogP contribution >= 0.6 is 57.1 Å². The molecule has 0 atom stereocenters. The molecule has 1 aliphatic carbocycles. The van der Waals surface area contributed by atoms with Gasteiger partial charge in [-0.1, -0.05) is 18.2 Å². The molecule has 0 bridgehead atoms. The molecular weight excluding hydrogens is 624 g/mol. The van der Waals surface area contributed by atoms with Crippen LogP contribution in [0.1, 0.15) is 38.4 Å². The number of aryl methyl sites for hydroxylation is 1. The molecule has 0 spiro atoms. The van der Waals surface area contributed by atoms with Crippen molar-refractivity contribution in [3.05, 3.63) is 70.6 Å². The minimum atomic E-state index is -0.170. The molecule has 30 heavy (non-hydrogen) atoms. The molecule has 2 amide bonds. The van der Waals surface area contributed by atoms with Gasteiger partial charge in [0.05, 0.1) is 56.3 Å². The first kappa shape index (κ1) is 21.6. The lowest BCUT2D eigenvalue weighted by Gasteiger charge is -2.10. The topological polar surface area (TPSA) is 61.4 Å². The van der Waals surface area contributed by atoms with Crippen molar-refractivity contribution in [1.29, 1.82) is 0 Å². The van der Waals surface area contributed by atoms with Gasteiger partial charge >= 0.3 is 0 Å². The van der Waals surface area contributed by atoms with Gasteiger partial charge in [-0.05, 0) is 67.3 Å². The Morgan fingerprint density at radius 1 is 1.00 bits per heavy atom. The Morgan fingerprint density at radius 2 is 1.73 bits per heavy atom. The van der Waals surface area contributed by atoms with Gasteiger partial charge in [0.25, 0.3) is 11.8 Å². The Bertz CT molecular complexity index is 1090. The smallest absolute Gasteiger partial charge is 0.265 e. The molecule has 4 rings (SSSR count). The SMILES string of the molecule is Cc1ccc(C(=O)NC2CC2)cc1NC(=O)c1ccc(-c2ccc(N(I)I)cc2)s1. The average Bonchev–Trinajstić information content (AvgIpc) is 3.40. The predicted molar refractivity (Wildman–Crippen MR) is 140 cm³/mol. The molecule has 0 aliphatic heterocycles. The molecule has 8 heteroatoms. The zero-order chi connectivity index (χ0) is 21.3. The molecule has 0 radical (unpaired) electrons. The van der Waals surface area contributed by atoms with E-state index in [0.29, 0.717) is 22.2 Å². The Hall–Kier alpha value is -1.66. The van der Waals surface area contributed by atoms with E-state index in [4.69, 9.17) is 0 Å². The molecule has 1 aromatic heterocycles. The minimum Gasteiger partial charge on any atom is -0.349 e. The summed E-state index contributed by atoms with van der Waals surface area (Å²) in [6.07, 6.45) is 2.08. The van der Waals surface area contributed by atoms with E-state index in [1.54, 1.807) is 12.1 Å². The van der Waals surface area contributed by atoms with E-state index in [-0.39, 0.29) is 11.8 Å². The number of rotatable bonds is 6. The summed E-state index contributed by atoms with van der Waals surface area (Å²) in [5.41, 5.74) is 4.32. The van der Waals surface area contributed by atoms with E-state index in [9.17, 15) is 9.59 Å². The van der Waals surface area contributed by atoms with Gasteiger partial charge in [-0.15, -0.1) is 11.3 Å². The molecule has 5 nitrogen and oxygen atoms in total. The summed E-state index contributed by atoms with van der Waals surface area (Å²) in [6, 6.07) is 17.7. The molecule has 2 N–H and O–H groups in total. The van der Waals surface area contributed by atoms with E-state index in [0.717, 1.165) is 34.5 Å². The summed E-state index contributed by atoms with van der Waals surface area (Å²) in [5.74, 6) is -0.261. The van der Waals surface area contributed by atoms with Gasteiger partial charge in [-0.2, -0.15) is 0 Å². The Balaban J connectivity index is 1.48.